The molecule has 1 atom stereocenters. The maximum Gasteiger partial charge on any atom is 0.289 e. The van der Waals surface area contributed by atoms with E-state index in [2.05, 4.69) is 0 Å². The van der Waals surface area contributed by atoms with E-state index in [0.717, 1.165) is 17.5 Å². The molecule has 2 aromatic rings. The lowest BCUT2D eigenvalue weighted by Crippen LogP contribution is -2.31. The fraction of sp³-hybridized carbons (Fsp3) is 0.294. The van der Waals surface area contributed by atoms with E-state index in [4.69, 9.17) is 0 Å². The van der Waals surface area contributed by atoms with E-state index in [1.54, 1.807) is 0 Å². The van der Waals surface area contributed by atoms with Crippen LogP contribution in [0.5, 0.6) is 0 Å². The highest BCUT2D eigenvalue weighted by Gasteiger charge is 2.39. The maximum absolute atomic E-state index is 13.0. The lowest BCUT2D eigenvalue weighted by Gasteiger charge is -2.24. The Kier molecular flexibility index (Phi) is 4.38. The van der Waals surface area contributed by atoms with Crippen LogP contribution in [0.2, 0.25) is 0 Å². The van der Waals surface area contributed by atoms with Crippen LogP contribution in [0.15, 0.2) is 53.4 Å². The van der Waals surface area contributed by atoms with Crippen molar-refractivity contribution in [3.8, 4) is 0 Å². The predicted molar refractivity (Wildman–Crippen MR) is 90.1 cm³/mol. The fourth-order valence-corrected chi connectivity index (χ4v) is 4.94. The van der Waals surface area contributed by atoms with Crippen molar-refractivity contribution in [2.24, 2.45) is 0 Å². The molecule has 0 aromatic heterocycles. The van der Waals surface area contributed by atoms with Crippen LogP contribution in [0, 0.1) is 17.0 Å². The molecule has 0 radical (unpaired) electrons. The first-order chi connectivity index (χ1) is 11.4. The van der Waals surface area contributed by atoms with E-state index < -0.39 is 14.9 Å². The van der Waals surface area contributed by atoms with E-state index in [-0.39, 0.29) is 16.6 Å². The molecular formula is C17H18N2O4S. The maximum atomic E-state index is 13.0. The van der Waals surface area contributed by atoms with E-state index >= 15 is 0 Å². The molecule has 1 fully saturated rings. The zero-order valence-corrected chi connectivity index (χ0v) is 14.1. The third kappa shape index (κ3) is 2.92. The minimum absolute atomic E-state index is 0.242. The van der Waals surface area contributed by atoms with Gasteiger partial charge in [0, 0.05) is 12.6 Å². The first-order valence-corrected chi connectivity index (χ1v) is 9.17. The van der Waals surface area contributed by atoms with Crippen LogP contribution >= 0.6 is 0 Å². The summed E-state index contributed by atoms with van der Waals surface area (Å²) in [7, 11) is -3.93. The summed E-state index contributed by atoms with van der Waals surface area (Å²) in [6, 6.07) is 13.0. The van der Waals surface area contributed by atoms with Gasteiger partial charge in [-0.15, -0.1) is 0 Å². The molecule has 1 aliphatic rings. The number of nitro groups is 1. The van der Waals surface area contributed by atoms with Gasteiger partial charge in [-0.25, -0.2) is 8.42 Å². The smallest absolute Gasteiger partial charge is 0.258 e. The first kappa shape index (κ1) is 16.6. The van der Waals surface area contributed by atoms with E-state index in [9.17, 15) is 18.5 Å². The molecule has 6 nitrogen and oxygen atoms in total. The molecule has 1 aliphatic heterocycles. The summed E-state index contributed by atoms with van der Waals surface area (Å²) in [4.78, 5) is 10.3. The monoisotopic (exact) mass is 346 g/mol. The molecule has 24 heavy (non-hydrogen) atoms. The zero-order chi connectivity index (χ0) is 17.3. The average molecular weight is 346 g/mol. The molecule has 0 unspecified atom stereocenters. The van der Waals surface area contributed by atoms with Gasteiger partial charge in [-0.05, 0) is 31.4 Å². The van der Waals surface area contributed by atoms with Crippen LogP contribution in [-0.4, -0.2) is 24.2 Å². The Hall–Kier alpha value is -2.25. The first-order valence-electron chi connectivity index (χ1n) is 7.73. The second kappa shape index (κ2) is 6.33. The summed E-state index contributed by atoms with van der Waals surface area (Å²) < 4.78 is 27.5. The highest BCUT2D eigenvalue weighted by atomic mass is 32.2. The Morgan fingerprint density at radius 2 is 1.79 bits per heavy atom. The second-order valence-corrected chi connectivity index (χ2v) is 7.77. The lowest BCUT2D eigenvalue weighted by atomic mass is 10.0. The Morgan fingerprint density at radius 3 is 2.46 bits per heavy atom. The number of benzene rings is 2. The lowest BCUT2D eigenvalue weighted by molar-refractivity contribution is -0.387. The number of hydrogen-bond donors (Lipinski definition) is 0. The molecule has 0 bridgehead atoms. The van der Waals surface area contributed by atoms with Gasteiger partial charge in [0.1, 0.15) is 0 Å². The molecule has 1 heterocycles. The summed E-state index contributed by atoms with van der Waals surface area (Å²) in [6.07, 6.45) is 1.45. The van der Waals surface area contributed by atoms with Crippen molar-refractivity contribution in [3.05, 3.63) is 69.8 Å². The quantitative estimate of drug-likeness (QED) is 0.627. The van der Waals surface area contributed by atoms with Gasteiger partial charge >= 0.3 is 0 Å². The Labute approximate surface area is 140 Å². The van der Waals surface area contributed by atoms with Crippen molar-refractivity contribution in [1.82, 2.24) is 4.31 Å². The van der Waals surface area contributed by atoms with Gasteiger partial charge in [-0.3, -0.25) is 10.1 Å². The molecule has 2 aromatic carbocycles. The third-order valence-electron chi connectivity index (χ3n) is 4.31. The number of hydrogen-bond acceptors (Lipinski definition) is 4. The molecule has 1 saturated heterocycles. The van der Waals surface area contributed by atoms with Crippen LogP contribution in [0.25, 0.3) is 0 Å². The Morgan fingerprint density at radius 1 is 1.12 bits per heavy atom. The highest BCUT2D eigenvalue weighted by Crippen LogP contribution is 2.38. The van der Waals surface area contributed by atoms with Crippen LogP contribution in [-0.2, 0) is 10.0 Å². The number of nitro benzene ring substituents is 1. The predicted octanol–water partition coefficient (Wildman–Crippen LogP) is 3.43. The van der Waals surface area contributed by atoms with Crippen molar-refractivity contribution in [1.29, 1.82) is 0 Å². The number of sulfonamides is 1. The Balaban J connectivity index is 2.03. The van der Waals surface area contributed by atoms with Gasteiger partial charge in [0.05, 0.1) is 11.0 Å². The number of aryl methyl sites for hydroxylation is 1. The van der Waals surface area contributed by atoms with Gasteiger partial charge in [0.15, 0.2) is 4.90 Å². The molecule has 0 N–H and O–H groups in total. The standard InChI is InChI=1S/C17H18N2O4S/c1-13-8-10-14(11-9-13)15-6-4-12-18(15)24(22,23)17-7-3-2-5-16(17)19(20)21/h2-3,5,7-11,15H,4,6,12H2,1H3/t15-/m0/s1. The van der Waals surface area contributed by atoms with E-state index in [1.165, 1.54) is 28.6 Å². The molecule has 3 rings (SSSR count). The van der Waals surface area contributed by atoms with Crippen molar-refractivity contribution in [3.63, 3.8) is 0 Å². The molecular weight excluding hydrogens is 328 g/mol. The second-order valence-electron chi connectivity index (χ2n) is 5.91. The van der Waals surface area contributed by atoms with E-state index in [0.29, 0.717) is 13.0 Å². The fourth-order valence-electron chi connectivity index (χ4n) is 3.10. The van der Waals surface area contributed by atoms with Crippen LogP contribution in [0.1, 0.15) is 30.0 Å². The van der Waals surface area contributed by atoms with Crippen LogP contribution in [0.4, 0.5) is 5.69 Å². The minimum atomic E-state index is -3.93. The van der Waals surface area contributed by atoms with Gasteiger partial charge in [-0.1, -0.05) is 42.0 Å². The number of nitrogens with zero attached hydrogens (tertiary/aromatic N) is 2. The highest BCUT2D eigenvalue weighted by molar-refractivity contribution is 7.89. The van der Waals surface area contributed by atoms with Gasteiger partial charge in [0.2, 0.25) is 10.0 Å². The summed E-state index contributed by atoms with van der Waals surface area (Å²) in [5.74, 6) is 0. The largest absolute Gasteiger partial charge is 0.289 e. The Bertz CT molecular complexity index is 862. The summed E-state index contributed by atoms with van der Waals surface area (Å²) in [5.41, 5.74) is 1.64. The van der Waals surface area contributed by atoms with Crippen molar-refractivity contribution in [2.45, 2.75) is 30.7 Å². The minimum Gasteiger partial charge on any atom is -0.258 e. The average Bonchev–Trinajstić information content (AvgIpc) is 3.06. The van der Waals surface area contributed by atoms with E-state index in [1.807, 2.05) is 31.2 Å². The van der Waals surface area contributed by atoms with Crippen molar-refractivity contribution in [2.75, 3.05) is 6.54 Å². The molecule has 0 saturated carbocycles. The van der Waals surface area contributed by atoms with Crippen LogP contribution in [0.3, 0.4) is 0 Å². The van der Waals surface area contributed by atoms with Crippen molar-refractivity contribution < 1.29 is 13.3 Å². The third-order valence-corrected chi connectivity index (χ3v) is 6.27. The normalized spacial score (nSPS) is 18.6. The molecule has 0 aliphatic carbocycles. The number of rotatable bonds is 4. The van der Waals surface area contributed by atoms with Gasteiger partial charge in [0.25, 0.3) is 5.69 Å². The zero-order valence-electron chi connectivity index (χ0n) is 13.3. The van der Waals surface area contributed by atoms with Gasteiger partial charge < -0.3 is 0 Å². The topological polar surface area (TPSA) is 80.5 Å². The molecule has 0 spiro atoms. The molecule has 7 heteroatoms. The van der Waals surface area contributed by atoms with Gasteiger partial charge in [-0.2, -0.15) is 4.31 Å². The summed E-state index contributed by atoms with van der Waals surface area (Å²) in [5, 5.41) is 11.2. The van der Waals surface area contributed by atoms with Crippen molar-refractivity contribution >= 4 is 15.7 Å². The SMILES string of the molecule is Cc1ccc([C@@H]2CCCN2S(=O)(=O)c2ccccc2[N+](=O)[O-])cc1. The summed E-state index contributed by atoms with van der Waals surface area (Å²) in [6.45, 7) is 2.34. The number of para-hydroxylation sites is 1. The molecule has 0 amide bonds. The summed E-state index contributed by atoms with van der Waals surface area (Å²) >= 11 is 0. The van der Waals surface area contributed by atoms with Crippen LogP contribution < -0.4 is 0 Å². The molecule has 126 valence electrons.